The number of carbonyl (C=O) groups is 2. The van der Waals surface area contributed by atoms with Crippen molar-refractivity contribution in [1.29, 1.82) is 0 Å². The summed E-state index contributed by atoms with van der Waals surface area (Å²) in [4.78, 5) is 30.6. The van der Waals surface area contributed by atoms with E-state index in [1.54, 1.807) is 6.20 Å². The van der Waals surface area contributed by atoms with E-state index in [1.807, 2.05) is 18.2 Å². The molecule has 0 aromatic carbocycles. The number of amides is 1. The fourth-order valence-corrected chi connectivity index (χ4v) is 4.70. The van der Waals surface area contributed by atoms with Gasteiger partial charge >= 0.3 is 0 Å². The zero-order chi connectivity index (χ0) is 18.2. The molecule has 2 heterocycles. The molecule has 1 aromatic heterocycles. The van der Waals surface area contributed by atoms with E-state index in [0.29, 0.717) is 25.4 Å². The van der Waals surface area contributed by atoms with E-state index in [4.69, 9.17) is 0 Å². The maximum absolute atomic E-state index is 12.9. The molecule has 3 atom stereocenters. The van der Waals surface area contributed by atoms with E-state index in [9.17, 15) is 9.59 Å². The molecular weight excluding hydrogens is 326 g/mol. The first kappa shape index (κ1) is 19.0. The summed E-state index contributed by atoms with van der Waals surface area (Å²) >= 11 is 0. The van der Waals surface area contributed by atoms with Crippen LogP contribution in [0.25, 0.3) is 0 Å². The largest absolute Gasteiger partial charge is 0.354 e. The summed E-state index contributed by atoms with van der Waals surface area (Å²) in [5.74, 6) is 0.812. The molecule has 5 heteroatoms. The number of fused-ring (bicyclic) bond motifs is 1. The van der Waals surface area contributed by atoms with Crippen molar-refractivity contribution in [2.75, 3.05) is 13.1 Å². The van der Waals surface area contributed by atoms with Gasteiger partial charge in [-0.05, 0) is 56.7 Å². The van der Waals surface area contributed by atoms with Gasteiger partial charge < -0.3 is 10.1 Å². The minimum Gasteiger partial charge on any atom is -0.354 e. The molecule has 0 radical (unpaired) electrons. The second-order valence-electron chi connectivity index (χ2n) is 7.61. The first-order valence-corrected chi connectivity index (χ1v) is 10.2. The molecule has 5 nitrogen and oxygen atoms in total. The normalized spacial score (nSPS) is 24.5. The number of aromatic nitrogens is 1. The average Bonchev–Trinajstić information content (AvgIpc) is 2.69. The maximum Gasteiger partial charge on any atom is 0.237 e. The minimum atomic E-state index is -0.171. The highest BCUT2D eigenvalue weighted by atomic mass is 16.2. The van der Waals surface area contributed by atoms with Crippen molar-refractivity contribution in [3.8, 4) is 0 Å². The molecule has 0 spiro atoms. The summed E-state index contributed by atoms with van der Waals surface area (Å²) in [5.41, 5.74) is 0.988. The highest BCUT2D eigenvalue weighted by molar-refractivity contribution is 5.82. The molecule has 1 aliphatic heterocycles. The van der Waals surface area contributed by atoms with Gasteiger partial charge in [0.15, 0.2) is 0 Å². The van der Waals surface area contributed by atoms with E-state index in [-0.39, 0.29) is 11.9 Å². The fourth-order valence-electron chi connectivity index (χ4n) is 4.70. The standard InChI is InChI=1S/C21H31N3O2/c25-16-6-11-20(21(26)23-14-12-18-9-3-4-13-22-18)24-15-5-8-17-7-1-2-10-19(17)24/h3-4,9,13,16-17,19-20H,1-2,5-8,10-12,14-15H2,(H,23,26). The van der Waals surface area contributed by atoms with Crippen LogP contribution in [0.2, 0.25) is 0 Å². The zero-order valence-corrected chi connectivity index (χ0v) is 15.6. The van der Waals surface area contributed by atoms with E-state index in [0.717, 1.165) is 30.9 Å². The smallest absolute Gasteiger partial charge is 0.237 e. The van der Waals surface area contributed by atoms with Crippen LogP contribution in [0.1, 0.15) is 57.1 Å². The number of carbonyl (C=O) groups excluding carboxylic acids is 2. The van der Waals surface area contributed by atoms with Crippen LogP contribution in [0.4, 0.5) is 0 Å². The molecule has 3 unspecified atom stereocenters. The Morgan fingerprint density at radius 3 is 2.92 bits per heavy atom. The second kappa shape index (κ2) is 9.81. The average molecular weight is 357 g/mol. The van der Waals surface area contributed by atoms with Crippen LogP contribution >= 0.6 is 0 Å². The summed E-state index contributed by atoms with van der Waals surface area (Å²) in [7, 11) is 0. The molecule has 26 heavy (non-hydrogen) atoms. The van der Waals surface area contributed by atoms with Crippen LogP contribution in [0.15, 0.2) is 24.4 Å². The first-order chi connectivity index (χ1) is 12.8. The highest BCUT2D eigenvalue weighted by Gasteiger charge is 2.38. The van der Waals surface area contributed by atoms with Crippen LogP contribution in [-0.4, -0.2) is 47.3 Å². The Morgan fingerprint density at radius 1 is 1.27 bits per heavy atom. The molecule has 1 saturated carbocycles. The molecule has 3 rings (SSSR count). The van der Waals surface area contributed by atoms with Gasteiger partial charge in [0.05, 0.1) is 6.04 Å². The van der Waals surface area contributed by atoms with Gasteiger partial charge in [-0.15, -0.1) is 0 Å². The van der Waals surface area contributed by atoms with Gasteiger partial charge in [-0.1, -0.05) is 18.9 Å². The molecule has 1 saturated heterocycles. The molecule has 0 bridgehead atoms. The van der Waals surface area contributed by atoms with Crippen LogP contribution < -0.4 is 5.32 Å². The molecule has 1 aromatic rings. The molecule has 2 aliphatic rings. The summed E-state index contributed by atoms with van der Waals surface area (Å²) in [6.45, 7) is 1.58. The zero-order valence-electron chi connectivity index (χ0n) is 15.6. The number of hydrogen-bond donors (Lipinski definition) is 1. The molecule has 1 amide bonds. The van der Waals surface area contributed by atoms with Crippen LogP contribution in [0.5, 0.6) is 0 Å². The number of aldehydes is 1. The number of nitrogens with one attached hydrogen (secondary N) is 1. The lowest BCUT2D eigenvalue weighted by molar-refractivity contribution is -0.129. The molecule has 1 aliphatic carbocycles. The molecule has 2 fully saturated rings. The topological polar surface area (TPSA) is 62.3 Å². The second-order valence-corrected chi connectivity index (χ2v) is 7.61. The van der Waals surface area contributed by atoms with Gasteiger partial charge in [0, 0.05) is 37.3 Å². The third kappa shape index (κ3) is 4.91. The Bertz CT molecular complexity index is 576. The minimum absolute atomic E-state index is 0.0778. The van der Waals surface area contributed by atoms with Gasteiger partial charge in [0.25, 0.3) is 0 Å². The third-order valence-corrected chi connectivity index (χ3v) is 5.95. The predicted molar refractivity (Wildman–Crippen MR) is 102 cm³/mol. The van der Waals surface area contributed by atoms with E-state index < -0.39 is 0 Å². The Kier molecular flexibility index (Phi) is 7.18. The summed E-state index contributed by atoms with van der Waals surface area (Å²) in [6, 6.07) is 6.20. The maximum atomic E-state index is 12.9. The highest BCUT2D eigenvalue weighted by Crippen LogP contribution is 2.36. The number of pyridine rings is 1. The number of rotatable bonds is 8. The van der Waals surface area contributed by atoms with E-state index in [2.05, 4.69) is 15.2 Å². The third-order valence-electron chi connectivity index (χ3n) is 5.95. The Labute approximate surface area is 156 Å². The van der Waals surface area contributed by atoms with Crippen molar-refractivity contribution in [3.05, 3.63) is 30.1 Å². The fraction of sp³-hybridized carbons (Fsp3) is 0.667. The van der Waals surface area contributed by atoms with Crippen LogP contribution in [-0.2, 0) is 16.0 Å². The lowest BCUT2D eigenvalue weighted by Crippen LogP contribution is -2.56. The summed E-state index contributed by atoms with van der Waals surface area (Å²) in [6.07, 6.45) is 12.1. The van der Waals surface area contributed by atoms with Crippen molar-refractivity contribution < 1.29 is 9.59 Å². The Morgan fingerprint density at radius 2 is 2.12 bits per heavy atom. The molecular formula is C21H31N3O2. The lowest BCUT2D eigenvalue weighted by Gasteiger charge is -2.47. The van der Waals surface area contributed by atoms with Crippen molar-refractivity contribution in [2.24, 2.45) is 5.92 Å². The summed E-state index contributed by atoms with van der Waals surface area (Å²) in [5, 5.41) is 3.10. The number of likely N-dealkylation sites (tertiary alicyclic amines) is 1. The summed E-state index contributed by atoms with van der Waals surface area (Å²) < 4.78 is 0. The number of nitrogens with zero attached hydrogens (tertiary/aromatic N) is 2. The Hall–Kier alpha value is -1.75. The lowest BCUT2D eigenvalue weighted by atomic mass is 9.77. The van der Waals surface area contributed by atoms with Gasteiger partial charge in [-0.2, -0.15) is 0 Å². The molecule has 142 valence electrons. The predicted octanol–water partition coefficient (Wildman–Crippen LogP) is 2.74. The van der Waals surface area contributed by atoms with Gasteiger partial charge in [-0.25, -0.2) is 0 Å². The Balaban J connectivity index is 1.60. The van der Waals surface area contributed by atoms with Gasteiger partial charge in [0.2, 0.25) is 5.91 Å². The number of hydrogen-bond acceptors (Lipinski definition) is 4. The van der Waals surface area contributed by atoms with E-state index in [1.165, 1.54) is 38.5 Å². The number of piperidine rings is 1. The SMILES string of the molecule is O=CCCC(C(=O)NCCc1ccccn1)N1CCCC2CCCCC21. The molecule has 1 N–H and O–H groups in total. The van der Waals surface area contributed by atoms with Crippen LogP contribution in [0.3, 0.4) is 0 Å². The first-order valence-electron chi connectivity index (χ1n) is 10.2. The van der Waals surface area contributed by atoms with Gasteiger partial charge in [-0.3, -0.25) is 14.7 Å². The quantitative estimate of drug-likeness (QED) is 0.727. The monoisotopic (exact) mass is 357 g/mol. The van der Waals surface area contributed by atoms with Crippen molar-refractivity contribution in [1.82, 2.24) is 15.2 Å². The van der Waals surface area contributed by atoms with Crippen LogP contribution in [0, 0.1) is 5.92 Å². The van der Waals surface area contributed by atoms with E-state index >= 15 is 0 Å². The van der Waals surface area contributed by atoms with Crippen molar-refractivity contribution in [2.45, 2.75) is 69.9 Å². The van der Waals surface area contributed by atoms with Crippen molar-refractivity contribution in [3.63, 3.8) is 0 Å². The van der Waals surface area contributed by atoms with Crippen molar-refractivity contribution >= 4 is 12.2 Å². The van der Waals surface area contributed by atoms with Gasteiger partial charge in [0.1, 0.15) is 6.29 Å².